The SMILES string of the molecule is C=CCN(CCO)S(=O)(=O)c1cc(C(=O)O)oc1Br. The summed E-state index contributed by atoms with van der Waals surface area (Å²) in [7, 11) is -3.97. The lowest BCUT2D eigenvalue weighted by molar-refractivity contribution is 0.0661. The van der Waals surface area contributed by atoms with Crippen molar-refractivity contribution in [1.82, 2.24) is 4.31 Å². The predicted molar refractivity (Wildman–Crippen MR) is 69.4 cm³/mol. The summed E-state index contributed by atoms with van der Waals surface area (Å²) in [6.45, 7) is 2.92. The van der Waals surface area contributed by atoms with Crippen LogP contribution in [0, 0.1) is 0 Å². The lowest BCUT2D eigenvalue weighted by Crippen LogP contribution is -2.33. The molecular formula is C10H12BrNO6S. The van der Waals surface area contributed by atoms with E-state index >= 15 is 0 Å². The van der Waals surface area contributed by atoms with Gasteiger partial charge in [-0.15, -0.1) is 6.58 Å². The molecule has 9 heteroatoms. The van der Waals surface area contributed by atoms with E-state index in [1.54, 1.807) is 0 Å². The summed E-state index contributed by atoms with van der Waals surface area (Å²) in [6, 6.07) is 0.912. The molecule has 2 N–H and O–H groups in total. The fraction of sp³-hybridized carbons (Fsp3) is 0.300. The highest BCUT2D eigenvalue weighted by Crippen LogP contribution is 2.28. The van der Waals surface area contributed by atoms with Crippen LogP contribution in [0.2, 0.25) is 0 Å². The molecule has 0 saturated heterocycles. The van der Waals surface area contributed by atoms with Gasteiger partial charge in [0.25, 0.3) is 0 Å². The second kappa shape index (κ2) is 6.33. The Hall–Kier alpha value is -1.16. The van der Waals surface area contributed by atoms with Crippen molar-refractivity contribution in [3.8, 4) is 0 Å². The predicted octanol–water partition coefficient (Wildman–Crippen LogP) is 0.909. The monoisotopic (exact) mass is 353 g/mol. The number of hydrogen-bond donors (Lipinski definition) is 2. The third-order valence-electron chi connectivity index (χ3n) is 2.17. The smallest absolute Gasteiger partial charge is 0.371 e. The first-order valence-corrected chi connectivity index (χ1v) is 7.32. The number of aromatic carboxylic acids is 1. The van der Waals surface area contributed by atoms with E-state index in [4.69, 9.17) is 14.6 Å². The number of carboxylic acids is 1. The van der Waals surface area contributed by atoms with Crippen molar-refractivity contribution in [3.63, 3.8) is 0 Å². The number of aliphatic hydroxyl groups excluding tert-OH is 1. The average molecular weight is 354 g/mol. The largest absolute Gasteiger partial charge is 0.475 e. The van der Waals surface area contributed by atoms with Gasteiger partial charge in [0.15, 0.2) is 4.67 Å². The Balaban J connectivity index is 3.24. The molecular weight excluding hydrogens is 342 g/mol. The third-order valence-corrected chi connectivity index (χ3v) is 4.89. The van der Waals surface area contributed by atoms with Crippen LogP contribution in [0.25, 0.3) is 0 Å². The number of rotatable bonds is 7. The molecule has 7 nitrogen and oxygen atoms in total. The first kappa shape index (κ1) is 15.9. The van der Waals surface area contributed by atoms with Gasteiger partial charge in [-0.05, 0) is 15.9 Å². The van der Waals surface area contributed by atoms with E-state index in [9.17, 15) is 13.2 Å². The summed E-state index contributed by atoms with van der Waals surface area (Å²) in [6.07, 6.45) is 1.36. The highest BCUT2D eigenvalue weighted by atomic mass is 79.9. The van der Waals surface area contributed by atoms with Gasteiger partial charge in [0.2, 0.25) is 15.8 Å². The van der Waals surface area contributed by atoms with Crippen LogP contribution in [-0.2, 0) is 10.0 Å². The molecule has 0 saturated carbocycles. The standard InChI is InChI=1S/C10H12BrNO6S/c1-2-3-12(4-5-13)19(16,17)8-6-7(10(14)15)18-9(8)11/h2,6,13H,1,3-5H2,(H,14,15). The molecule has 0 aliphatic heterocycles. The Morgan fingerprint density at radius 3 is 2.63 bits per heavy atom. The minimum absolute atomic E-state index is 0.0110. The molecule has 0 atom stereocenters. The molecule has 0 unspecified atom stereocenters. The normalized spacial score (nSPS) is 11.7. The number of aliphatic hydroxyl groups is 1. The Kier molecular flexibility index (Phi) is 5.29. The summed E-state index contributed by atoms with van der Waals surface area (Å²) < 4.78 is 30.1. The van der Waals surface area contributed by atoms with Crippen molar-refractivity contribution < 1.29 is 27.8 Å². The van der Waals surface area contributed by atoms with Gasteiger partial charge >= 0.3 is 5.97 Å². The molecule has 0 bridgehead atoms. The molecule has 0 aromatic carbocycles. The molecule has 1 aromatic rings. The van der Waals surface area contributed by atoms with Gasteiger partial charge in [0.1, 0.15) is 4.90 Å². The number of nitrogens with zero attached hydrogens (tertiary/aromatic N) is 1. The number of hydrogen-bond acceptors (Lipinski definition) is 5. The van der Waals surface area contributed by atoms with Crippen molar-refractivity contribution >= 4 is 31.9 Å². The van der Waals surface area contributed by atoms with E-state index in [0.29, 0.717) is 0 Å². The summed E-state index contributed by atoms with van der Waals surface area (Å²) in [5.74, 6) is -1.87. The van der Waals surface area contributed by atoms with Crippen molar-refractivity contribution in [3.05, 3.63) is 29.2 Å². The summed E-state index contributed by atoms with van der Waals surface area (Å²) in [5, 5.41) is 17.6. The molecule has 0 aliphatic carbocycles. The molecule has 106 valence electrons. The minimum atomic E-state index is -3.97. The zero-order valence-corrected chi connectivity index (χ0v) is 12.1. The van der Waals surface area contributed by atoms with E-state index in [-0.39, 0.29) is 29.3 Å². The minimum Gasteiger partial charge on any atom is -0.475 e. The lowest BCUT2D eigenvalue weighted by atomic mass is 10.5. The maximum atomic E-state index is 12.3. The van der Waals surface area contributed by atoms with Crippen LogP contribution in [-0.4, -0.2) is 48.6 Å². The average Bonchev–Trinajstić information content (AvgIpc) is 2.72. The fourth-order valence-electron chi connectivity index (χ4n) is 1.34. The van der Waals surface area contributed by atoms with E-state index in [1.807, 2.05) is 0 Å². The van der Waals surface area contributed by atoms with E-state index < -0.39 is 21.8 Å². The van der Waals surface area contributed by atoms with Crippen LogP contribution >= 0.6 is 15.9 Å². The number of carboxylic acid groups (broad SMARTS) is 1. The van der Waals surface area contributed by atoms with Crippen LogP contribution in [0.5, 0.6) is 0 Å². The summed E-state index contributed by atoms with van der Waals surface area (Å²) in [5.41, 5.74) is 0. The number of carbonyl (C=O) groups is 1. The Morgan fingerprint density at radius 1 is 1.58 bits per heavy atom. The second-order valence-corrected chi connectivity index (χ2v) is 6.06. The van der Waals surface area contributed by atoms with Crippen molar-refractivity contribution in [2.24, 2.45) is 0 Å². The summed E-state index contributed by atoms with van der Waals surface area (Å²) >= 11 is 2.87. The maximum absolute atomic E-state index is 12.3. The summed E-state index contributed by atoms with van der Waals surface area (Å²) in [4.78, 5) is 10.4. The molecule has 0 radical (unpaired) electrons. The molecule has 1 rings (SSSR count). The highest BCUT2D eigenvalue weighted by molar-refractivity contribution is 9.10. The van der Waals surface area contributed by atoms with Gasteiger partial charge in [0, 0.05) is 19.2 Å². The topological polar surface area (TPSA) is 108 Å². The maximum Gasteiger partial charge on any atom is 0.371 e. The number of furan rings is 1. The second-order valence-electron chi connectivity index (χ2n) is 3.43. The fourth-order valence-corrected chi connectivity index (χ4v) is 3.64. The Morgan fingerprint density at radius 2 is 2.21 bits per heavy atom. The van der Waals surface area contributed by atoms with Gasteiger partial charge in [-0.1, -0.05) is 6.08 Å². The molecule has 19 heavy (non-hydrogen) atoms. The van der Waals surface area contributed by atoms with Crippen molar-refractivity contribution in [2.75, 3.05) is 19.7 Å². The van der Waals surface area contributed by atoms with Gasteiger partial charge in [-0.2, -0.15) is 4.31 Å². The van der Waals surface area contributed by atoms with Gasteiger partial charge in [0.05, 0.1) is 6.61 Å². The van der Waals surface area contributed by atoms with Gasteiger partial charge in [-0.3, -0.25) is 0 Å². The van der Waals surface area contributed by atoms with E-state index in [2.05, 4.69) is 22.5 Å². The van der Waals surface area contributed by atoms with Gasteiger partial charge in [-0.25, -0.2) is 13.2 Å². The quantitative estimate of drug-likeness (QED) is 0.705. The molecule has 0 fully saturated rings. The zero-order chi connectivity index (χ0) is 14.6. The van der Waals surface area contributed by atoms with Crippen LogP contribution in [0.15, 0.2) is 32.7 Å². The zero-order valence-electron chi connectivity index (χ0n) is 9.74. The van der Waals surface area contributed by atoms with Crippen molar-refractivity contribution in [2.45, 2.75) is 4.90 Å². The van der Waals surface area contributed by atoms with E-state index in [1.165, 1.54) is 6.08 Å². The van der Waals surface area contributed by atoms with Crippen LogP contribution in [0.4, 0.5) is 0 Å². The molecule has 0 amide bonds. The van der Waals surface area contributed by atoms with Gasteiger partial charge < -0.3 is 14.6 Å². The van der Waals surface area contributed by atoms with Crippen LogP contribution < -0.4 is 0 Å². The Labute approximate surface area is 118 Å². The molecule has 0 aliphatic rings. The lowest BCUT2D eigenvalue weighted by Gasteiger charge is -2.18. The molecule has 1 aromatic heterocycles. The number of halogens is 1. The molecule has 1 heterocycles. The van der Waals surface area contributed by atoms with Crippen LogP contribution in [0.1, 0.15) is 10.6 Å². The van der Waals surface area contributed by atoms with Crippen molar-refractivity contribution in [1.29, 1.82) is 0 Å². The first-order chi connectivity index (χ1) is 8.84. The van der Waals surface area contributed by atoms with Crippen LogP contribution in [0.3, 0.4) is 0 Å². The third kappa shape index (κ3) is 3.44. The van der Waals surface area contributed by atoms with E-state index in [0.717, 1.165) is 10.4 Å². The molecule has 0 spiro atoms. The Bertz CT molecular complexity index is 579. The number of sulfonamides is 1. The first-order valence-electron chi connectivity index (χ1n) is 5.09. The highest BCUT2D eigenvalue weighted by Gasteiger charge is 2.29.